The summed E-state index contributed by atoms with van der Waals surface area (Å²) >= 11 is 0. The number of hydrogen-bond donors (Lipinski definition) is 2. The van der Waals surface area contributed by atoms with E-state index in [0.717, 1.165) is 10.6 Å². The van der Waals surface area contributed by atoms with Gasteiger partial charge in [0.25, 0.3) is 5.91 Å². The zero-order valence-electron chi connectivity index (χ0n) is 14.6. The van der Waals surface area contributed by atoms with Crippen molar-refractivity contribution in [3.8, 4) is 11.3 Å². The minimum absolute atomic E-state index is 0.00366. The molecule has 4 aromatic rings. The number of hydrogen-bond acceptors (Lipinski definition) is 4. The van der Waals surface area contributed by atoms with Crippen molar-refractivity contribution in [3.05, 3.63) is 82.4 Å². The van der Waals surface area contributed by atoms with Gasteiger partial charge >= 0.3 is 6.18 Å². The van der Waals surface area contributed by atoms with Gasteiger partial charge in [-0.3, -0.25) is 9.59 Å². The van der Waals surface area contributed by atoms with Crippen LogP contribution in [0, 0.1) is 0 Å². The molecular weight excluding hydrogens is 387 g/mol. The van der Waals surface area contributed by atoms with E-state index in [0.29, 0.717) is 0 Å². The second-order valence-corrected chi connectivity index (χ2v) is 6.06. The van der Waals surface area contributed by atoms with E-state index in [4.69, 9.17) is 0 Å². The lowest BCUT2D eigenvalue weighted by Crippen LogP contribution is -2.18. The van der Waals surface area contributed by atoms with E-state index in [2.05, 4.69) is 20.4 Å². The number of benzene rings is 1. The van der Waals surface area contributed by atoms with Gasteiger partial charge in [0.2, 0.25) is 5.56 Å². The number of anilines is 1. The quantitative estimate of drug-likeness (QED) is 0.553. The molecule has 1 amide bonds. The highest BCUT2D eigenvalue weighted by Crippen LogP contribution is 2.36. The second-order valence-electron chi connectivity index (χ2n) is 6.06. The van der Waals surface area contributed by atoms with Crippen molar-refractivity contribution in [2.75, 3.05) is 5.32 Å². The van der Waals surface area contributed by atoms with Crippen LogP contribution in [0.15, 0.2) is 65.6 Å². The lowest BCUT2D eigenvalue weighted by Gasteiger charge is -2.12. The summed E-state index contributed by atoms with van der Waals surface area (Å²) in [5.74, 6) is -0.468. The summed E-state index contributed by atoms with van der Waals surface area (Å²) in [5, 5.41) is 6.68. The van der Waals surface area contributed by atoms with Crippen LogP contribution in [-0.2, 0) is 6.18 Å². The number of halogens is 3. The number of amides is 1. The average molecular weight is 399 g/mol. The number of nitrogens with zero attached hydrogens (tertiary/aromatic N) is 3. The molecule has 3 heterocycles. The third kappa shape index (κ3) is 3.59. The first kappa shape index (κ1) is 18.4. The molecule has 0 fully saturated rings. The number of imidazole rings is 1. The molecule has 0 aliphatic rings. The van der Waals surface area contributed by atoms with Crippen molar-refractivity contribution >= 4 is 17.4 Å². The van der Waals surface area contributed by atoms with E-state index < -0.39 is 23.2 Å². The molecule has 4 rings (SSSR count). The number of aromatic amines is 1. The summed E-state index contributed by atoms with van der Waals surface area (Å²) in [7, 11) is 0. The number of carbonyl (C=O) groups excluding carboxylic acids is 1. The molecular formula is C19H12F3N5O2. The third-order valence-corrected chi connectivity index (χ3v) is 4.12. The van der Waals surface area contributed by atoms with Crippen LogP contribution in [0.3, 0.4) is 0 Å². The maximum Gasteiger partial charge on any atom is 0.417 e. The lowest BCUT2D eigenvalue weighted by atomic mass is 10.0. The molecule has 10 heteroatoms. The highest BCUT2D eigenvalue weighted by molar-refractivity contribution is 6.02. The molecule has 1 aromatic carbocycles. The number of pyridine rings is 1. The Morgan fingerprint density at radius 3 is 2.59 bits per heavy atom. The lowest BCUT2D eigenvalue weighted by molar-refractivity contribution is -0.137. The fourth-order valence-electron chi connectivity index (χ4n) is 2.83. The van der Waals surface area contributed by atoms with Gasteiger partial charge in [0.05, 0.1) is 17.5 Å². The Labute approximate surface area is 160 Å². The Kier molecular flexibility index (Phi) is 4.38. The standard InChI is InChI=1S/C19H12F3N5O2/c20-19(21,22)12-5-2-1-4-11(12)13-8-9-16-23-10-14(27(16)26-13)18(29)25-15-6-3-7-17(28)24-15/h1-10H,(H2,24,25,28,29). The van der Waals surface area contributed by atoms with E-state index >= 15 is 0 Å². The van der Waals surface area contributed by atoms with Crippen LogP contribution >= 0.6 is 0 Å². The Morgan fingerprint density at radius 2 is 1.83 bits per heavy atom. The van der Waals surface area contributed by atoms with Crippen molar-refractivity contribution in [2.45, 2.75) is 6.18 Å². The maximum atomic E-state index is 13.3. The van der Waals surface area contributed by atoms with Crippen LogP contribution in [0.5, 0.6) is 0 Å². The maximum absolute atomic E-state index is 13.3. The van der Waals surface area contributed by atoms with Crippen LogP contribution in [0.2, 0.25) is 0 Å². The monoisotopic (exact) mass is 399 g/mol. The largest absolute Gasteiger partial charge is 0.417 e. The van der Waals surface area contributed by atoms with E-state index in [9.17, 15) is 22.8 Å². The fraction of sp³-hybridized carbons (Fsp3) is 0.0526. The van der Waals surface area contributed by atoms with Gasteiger partial charge in [-0.25, -0.2) is 9.50 Å². The minimum Gasteiger partial charge on any atom is -0.309 e. The van der Waals surface area contributed by atoms with Crippen LogP contribution in [-0.4, -0.2) is 25.5 Å². The van der Waals surface area contributed by atoms with E-state index in [-0.39, 0.29) is 28.4 Å². The van der Waals surface area contributed by atoms with Crippen molar-refractivity contribution in [3.63, 3.8) is 0 Å². The van der Waals surface area contributed by atoms with Gasteiger partial charge in [-0.15, -0.1) is 0 Å². The molecule has 2 N–H and O–H groups in total. The first-order valence-electron chi connectivity index (χ1n) is 8.35. The smallest absolute Gasteiger partial charge is 0.309 e. The Bertz CT molecular complexity index is 1280. The summed E-state index contributed by atoms with van der Waals surface area (Å²) in [6.45, 7) is 0. The van der Waals surface area contributed by atoms with Gasteiger partial charge in [0, 0.05) is 11.6 Å². The van der Waals surface area contributed by atoms with Crippen molar-refractivity contribution in [2.24, 2.45) is 0 Å². The highest BCUT2D eigenvalue weighted by Gasteiger charge is 2.33. The first-order valence-corrected chi connectivity index (χ1v) is 8.35. The zero-order chi connectivity index (χ0) is 20.6. The molecule has 3 aromatic heterocycles. The summed E-state index contributed by atoms with van der Waals surface area (Å²) in [6, 6.07) is 12.2. The Hall–Kier alpha value is -3.95. The molecule has 0 spiro atoms. The van der Waals surface area contributed by atoms with E-state index in [1.54, 1.807) is 0 Å². The Morgan fingerprint density at radius 1 is 1.03 bits per heavy atom. The summed E-state index contributed by atoms with van der Waals surface area (Å²) in [6.07, 6.45) is -3.31. The van der Waals surface area contributed by atoms with Gasteiger partial charge in [-0.2, -0.15) is 18.3 Å². The number of aromatic nitrogens is 4. The molecule has 7 nitrogen and oxygen atoms in total. The van der Waals surface area contributed by atoms with Crippen molar-refractivity contribution in [1.82, 2.24) is 19.6 Å². The van der Waals surface area contributed by atoms with Crippen molar-refractivity contribution < 1.29 is 18.0 Å². The molecule has 0 saturated heterocycles. The number of carbonyl (C=O) groups is 1. The number of alkyl halides is 3. The number of rotatable bonds is 3. The van der Waals surface area contributed by atoms with Gasteiger partial charge in [-0.05, 0) is 24.3 Å². The normalized spacial score (nSPS) is 11.6. The number of fused-ring (bicyclic) bond motifs is 1. The van der Waals surface area contributed by atoms with Gasteiger partial charge in [-0.1, -0.05) is 24.3 Å². The van der Waals surface area contributed by atoms with Crippen molar-refractivity contribution in [1.29, 1.82) is 0 Å². The minimum atomic E-state index is -4.55. The molecule has 0 aliphatic carbocycles. The highest BCUT2D eigenvalue weighted by atomic mass is 19.4. The van der Waals surface area contributed by atoms with Crippen LogP contribution in [0.25, 0.3) is 16.9 Å². The topological polar surface area (TPSA) is 92.1 Å². The first-order chi connectivity index (χ1) is 13.8. The van der Waals surface area contributed by atoms with Gasteiger partial charge in [0.1, 0.15) is 5.82 Å². The molecule has 29 heavy (non-hydrogen) atoms. The predicted octanol–water partition coefficient (Wildman–Crippen LogP) is 3.36. The molecule has 146 valence electrons. The molecule has 0 bridgehead atoms. The summed E-state index contributed by atoms with van der Waals surface area (Å²) in [5.41, 5.74) is -1.04. The fourth-order valence-corrected chi connectivity index (χ4v) is 2.83. The SMILES string of the molecule is O=C(Nc1cccc(=O)[nH]1)c1cnc2ccc(-c3ccccc3C(F)(F)F)nn12. The molecule has 0 saturated carbocycles. The van der Waals surface area contributed by atoms with E-state index in [1.165, 1.54) is 54.7 Å². The van der Waals surface area contributed by atoms with Crippen LogP contribution in [0.1, 0.15) is 16.1 Å². The van der Waals surface area contributed by atoms with Gasteiger partial charge < -0.3 is 10.3 Å². The molecule has 0 unspecified atom stereocenters. The predicted molar refractivity (Wildman–Crippen MR) is 98.4 cm³/mol. The molecule has 0 atom stereocenters. The third-order valence-electron chi connectivity index (χ3n) is 4.12. The summed E-state index contributed by atoms with van der Waals surface area (Å²) < 4.78 is 41.1. The van der Waals surface area contributed by atoms with E-state index in [1.807, 2.05) is 0 Å². The number of nitrogens with one attached hydrogen (secondary N) is 2. The van der Waals surface area contributed by atoms with Crippen LogP contribution in [0.4, 0.5) is 19.0 Å². The Balaban J connectivity index is 1.76. The van der Waals surface area contributed by atoms with Crippen LogP contribution < -0.4 is 10.9 Å². The summed E-state index contributed by atoms with van der Waals surface area (Å²) in [4.78, 5) is 30.4. The molecule has 0 radical (unpaired) electrons. The molecule has 0 aliphatic heterocycles. The number of H-pyrrole nitrogens is 1. The zero-order valence-corrected chi connectivity index (χ0v) is 14.6. The average Bonchev–Trinajstić information content (AvgIpc) is 3.10. The van der Waals surface area contributed by atoms with Gasteiger partial charge in [0.15, 0.2) is 11.3 Å². The second kappa shape index (κ2) is 6.89.